The van der Waals surface area contributed by atoms with Gasteiger partial charge in [-0.3, -0.25) is 0 Å². The van der Waals surface area contributed by atoms with Gasteiger partial charge >= 0.3 is 0 Å². The molecule has 0 spiro atoms. The lowest BCUT2D eigenvalue weighted by Gasteiger charge is -2.38. The van der Waals surface area contributed by atoms with Gasteiger partial charge in [-0.15, -0.1) is 0 Å². The van der Waals surface area contributed by atoms with Crippen LogP contribution in [-0.2, 0) is 0 Å². The van der Waals surface area contributed by atoms with Gasteiger partial charge < -0.3 is 10.1 Å². The van der Waals surface area contributed by atoms with E-state index in [1.54, 1.807) is 0 Å². The topological polar surface area (TPSA) is 21.3 Å². The highest BCUT2D eigenvalue weighted by Gasteiger charge is 2.49. The summed E-state index contributed by atoms with van der Waals surface area (Å²) in [5.41, 5.74) is 0.567. The molecule has 2 saturated carbocycles. The van der Waals surface area contributed by atoms with Gasteiger partial charge in [0, 0.05) is 6.54 Å². The first-order valence-corrected chi connectivity index (χ1v) is 8.15. The third-order valence-corrected chi connectivity index (χ3v) is 5.46. The van der Waals surface area contributed by atoms with Crippen LogP contribution in [-0.4, -0.2) is 20.2 Å². The van der Waals surface area contributed by atoms with Gasteiger partial charge in [-0.1, -0.05) is 24.6 Å². The molecule has 2 nitrogen and oxygen atoms in total. The summed E-state index contributed by atoms with van der Waals surface area (Å²) in [6, 6.07) is 10.2. The molecule has 0 heterocycles. The van der Waals surface area contributed by atoms with Crippen LogP contribution in [0.25, 0.3) is 0 Å². The van der Waals surface area contributed by atoms with Crippen molar-refractivity contribution in [3.63, 3.8) is 0 Å². The van der Waals surface area contributed by atoms with Crippen molar-refractivity contribution in [1.82, 2.24) is 5.32 Å². The lowest BCUT2D eigenvalue weighted by molar-refractivity contribution is 0.132. The molecule has 110 valence electrons. The minimum atomic E-state index is 0.567. The summed E-state index contributed by atoms with van der Waals surface area (Å²) in [7, 11) is 2.11. The summed E-state index contributed by atoms with van der Waals surface area (Å²) in [6.07, 6.45) is 8.38. The van der Waals surface area contributed by atoms with Crippen LogP contribution in [0.5, 0.6) is 5.75 Å². The molecular weight excluding hydrogens is 246 g/mol. The van der Waals surface area contributed by atoms with E-state index < -0.39 is 0 Å². The molecule has 20 heavy (non-hydrogen) atoms. The average molecular weight is 273 g/mol. The minimum Gasteiger partial charge on any atom is -0.494 e. The summed E-state index contributed by atoms with van der Waals surface area (Å²) in [5, 5.41) is 3.45. The standard InChI is InChI=1S/C18H27NO/c1-19-14-18(13-15-8-9-16(18)12-15)10-5-11-20-17-6-3-2-4-7-17/h2-4,6-7,15-16,19H,5,8-14H2,1H3. The molecule has 2 aliphatic rings. The molecule has 1 aromatic carbocycles. The molecule has 0 aromatic heterocycles. The van der Waals surface area contributed by atoms with Crippen molar-refractivity contribution in [3.8, 4) is 5.75 Å². The second-order valence-corrected chi connectivity index (χ2v) is 6.74. The van der Waals surface area contributed by atoms with E-state index in [4.69, 9.17) is 4.74 Å². The molecule has 3 rings (SSSR count). The SMILES string of the molecule is CNCC1(CCCOc2ccccc2)CC2CCC1C2. The van der Waals surface area contributed by atoms with Crippen molar-refractivity contribution in [2.75, 3.05) is 20.2 Å². The van der Waals surface area contributed by atoms with Gasteiger partial charge in [-0.05, 0) is 68.5 Å². The number of para-hydroxylation sites is 1. The molecule has 0 radical (unpaired) electrons. The number of hydrogen-bond acceptors (Lipinski definition) is 2. The van der Waals surface area contributed by atoms with E-state index in [1.807, 2.05) is 30.3 Å². The number of rotatable bonds is 7. The van der Waals surface area contributed by atoms with Crippen molar-refractivity contribution in [2.24, 2.45) is 17.3 Å². The fourth-order valence-corrected chi connectivity index (χ4v) is 4.65. The zero-order chi connectivity index (χ0) is 13.8. The highest BCUT2D eigenvalue weighted by Crippen LogP contribution is 2.57. The van der Waals surface area contributed by atoms with Crippen LogP contribution < -0.4 is 10.1 Å². The number of nitrogens with one attached hydrogen (secondary N) is 1. The largest absolute Gasteiger partial charge is 0.494 e. The fourth-order valence-electron chi connectivity index (χ4n) is 4.65. The first-order chi connectivity index (χ1) is 9.82. The summed E-state index contributed by atoms with van der Waals surface area (Å²) in [5.74, 6) is 2.99. The van der Waals surface area contributed by atoms with Gasteiger partial charge in [0.05, 0.1) is 6.61 Å². The molecular formula is C18H27NO. The van der Waals surface area contributed by atoms with Crippen molar-refractivity contribution < 1.29 is 4.74 Å². The Morgan fingerprint density at radius 2 is 2.10 bits per heavy atom. The van der Waals surface area contributed by atoms with Gasteiger partial charge in [-0.25, -0.2) is 0 Å². The van der Waals surface area contributed by atoms with E-state index in [2.05, 4.69) is 12.4 Å². The molecule has 3 unspecified atom stereocenters. The molecule has 1 N–H and O–H groups in total. The van der Waals surface area contributed by atoms with Crippen molar-refractivity contribution >= 4 is 0 Å². The Morgan fingerprint density at radius 3 is 2.75 bits per heavy atom. The molecule has 2 fully saturated rings. The van der Waals surface area contributed by atoms with Gasteiger partial charge in [-0.2, -0.15) is 0 Å². The van der Waals surface area contributed by atoms with Crippen LogP contribution in [0.15, 0.2) is 30.3 Å². The van der Waals surface area contributed by atoms with Gasteiger partial charge in [0.15, 0.2) is 0 Å². The maximum atomic E-state index is 5.85. The van der Waals surface area contributed by atoms with E-state index in [0.717, 1.165) is 24.2 Å². The second kappa shape index (κ2) is 6.17. The summed E-state index contributed by atoms with van der Waals surface area (Å²) < 4.78 is 5.85. The van der Waals surface area contributed by atoms with Gasteiger partial charge in [0.25, 0.3) is 0 Å². The molecule has 0 aliphatic heterocycles. The lowest BCUT2D eigenvalue weighted by atomic mass is 9.70. The third kappa shape index (κ3) is 2.85. The van der Waals surface area contributed by atoms with E-state index in [0.29, 0.717) is 5.41 Å². The van der Waals surface area contributed by atoms with Crippen LogP contribution in [0.1, 0.15) is 38.5 Å². The summed E-state index contributed by atoms with van der Waals surface area (Å²) in [6.45, 7) is 2.05. The Bertz CT molecular complexity index is 419. The van der Waals surface area contributed by atoms with Crippen LogP contribution in [0.3, 0.4) is 0 Å². The third-order valence-electron chi connectivity index (χ3n) is 5.46. The van der Waals surface area contributed by atoms with Crippen LogP contribution >= 0.6 is 0 Å². The molecule has 2 heteroatoms. The Kier molecular flexibility index (Phi) is 4.30. The summed E-state index contributed by atoms with van der Waals surface area (Å²) in [4.78, 5) is 0. The Labute approximate surface area is 122 Å². The monoisotopic (exact) mass is 273 g/mol. The predicted molar refractivity (Wildman–Crippen MR) is 83.0 cm³/mol. The number of ether oxygens (including phenoxy) is 1. The molecule has 0 saturated heterocycles. The van der Waals surface area contributed by atoms with Gasteiger partial charge in [0.1, 0.15) is 5.75 Å². The van der Waals surface area contributed by atoms with Crippen LogP contribution in [0, 0.1) is 17.3 Å². The second-order valence-electron chi connectivity index (χ2n) is 6.74. The number of benzene rings is 1. The Morgan fingerprint density at radius 1 is 1.25 bits per heavy atom. The van der Waals surface area contributed by atoms with Crippen LogP contribution in [0.4, 0.5) is 0 Å². The zero-order valence-corrected chi connectivity index (χ0v) is 12.6. The molecule has 2 aliphatic carbocycles. The molecule has 1 aromatic rings. The quantitative estimate of drug-likeness (QED) is 0.761. The van der Waals surface area contributed by atoms with Crippen molar-refractivity contribution in [2.45, 2.75) is 38.5 Å². The van der Waals surface area contributed by atoms with E-state index in [9.17, 15) is 0 Å². The Hall–Kier alpha value is -1.02. The average Bonchev–Trinajstić information content (AvgIpc) is 3.06. The predicted octanol–water partition coefficient (Wildman–Crippen LogP) is 3.87. The maximum Gasteiger partial charge on any atom is 0.119 e. The van der Waals surface area contributed by atoms with Crippen molar-refractivity contribution in [3.05, 3.63) is 30.3 Å². The highest BCUT2D eigenvalue weighted by molar-refractivity contribution is 5.20. The maximum absolute atomic E-state index is 5.85. The molecule has 0 amide bonds. The Balaban J connectivity index is 1.48. The number of fused-ring (bicyclic) bond motifs is 2. The molecule has 3 atom stereocenters. The number of hydrogen-bond donors (Lipinski definition) is 1. The zero-order valence-electron chi connectivity index (χ0n) is 12.6. The van der Waals surface area contributed by atoms with Gasteiger partial charge in [0.2, 0.25) is 0 Å². The van der Waals surface area contributed by atoms with Crippen molar-refractivity contribution in [1.29, 1.82) is 0 Å². The summed E-state index contributed by atoms with van der Waals surface area (Å²) >= 11 is 0. The first-order valence-electron chi connectivity index (χ1n) is 8.15. The first kappa shape index (κ1) is 13.9. The van der Waals surface area contributed by atoms with E-state index in [1.165, 1.54) is 45.1 Å². The fraction of sp³-hybridized carbons (Fsp3) is 0.667. The highest BCUT2D eigenvalue weighted by atomic mass is 16.5. The molecule has 2 bridgehead atoms. The smallest absolute Gasteiger partial charge is 0.119 e. The normalized spacial score (nSPS) is 31.6. The van der Waals surface area contributed by atoms with E-state index >= 15 is 0 Å². The lowest BCUT2D eigenvalue weighted by Crippen LogP contribution is -2.37. The van der Waals surface area contributed by atoms with E-state index in [-0.39, 0.29) is 0 Å². The minimum absolute atomic E-state index is 0.567. The van der Waals surface area contributed by atoms with Crippen LogP contribution in [0.2, 0.25) is 0 Å².